The number of amides is 1. The number of carbonyl (C=O) groups is 2. The first-order valence-electron chi connectivity index (χ1n) is 6.17. The summed E-state index contributed by atoms with van der Waals surface area (Å²) in [6.07, 6.45) is 0.325. The second-order valence-corrected chi connectivity index (χ2v) is 4.70. The molecule has 1 rings (SSSR count). The molecule has 19 heavy (non-hydrogen) atoms. The van der Waals surface area contributed by atoms with Gasteiger partial charge in [-0.15, -0.1) is 0 Å². The van der Waals surface area contributed by atoms with Gasteiger partial charge in [0.05, 0.1) is 5.92 Å². The highest BCUT2D eigenvalue weighted by atomic mass is 19.1. The molecule has 0 saturated carbocycles. The molecular weight excluding hydrogens is 249 g/mol. The predicted octanol–water partition coefficient (Wildman–Crippen LogP) is 2.30. The lowest BCUT2D eigenvalue weighted by Gasteiger charge is -2.13. The zero-order valence-electron chi connectivity index (χ0n) is 11.0. The molecule has 0 radical (unpaired) electrons. The molecule has 0 aliphatic carbocycles. The molecule has 0 aromatic heterocycles. The number of carboxylic acid groups (broad SMARTS) is 1. The minimum absolute atomic E-state index is 0.0293. The SMILES string of the molecule is CC(C)NC(=O)CCC(C(=O)O)c1ccc(F)cc1. The maximum Gasteiger partial charge on any atom is 0.310 e. The molecule has 0 bridgehead atoms. The fraction of sp³-hybridized carbons (Fsp3) is 0.429. The largest absolute Gasteiger partial charge is 0.481 e. The maximum absolute atomic E-state index is 12.8. The van der Waals surface area contributed by atoms with E-state index in [-0.39, 0.29) is 24.8 Å². The van der Waals surface area contributed by atoms with Crippen LogP contribution in [0.4, 0.5) is 4.39 Å². The summed E-state index contributed by atoms with van der Waals surface area (Å²) in [5.41, 5.74) is 0.506. The Morgan fingerprint density at radius 2 is 1.84 bits per heavy atom. The zero-order valence-corrected chi connectivity index (χ0v) is 11.0. The van der Waals surface area contributed by atoms with E-state index >= 15 is 0 Å². The smallest absolute Gasteiger partial charge is 0.310 e. The molecule has 2 N–H and O–H groups in total. The number of benzene rings is 1. The summed E-state index contributed by atoms with van der Waals surface area (Å²) in [6, 6.07) is 5.35. The van der Waals surface area contributed by atoms with Crippen LogP contribution in [0.2, 0.25) is 0 Å². The van der Waals surface area contributed by atoms with Crippen LogP contribution in [0.3, 0.4) is 0 Å². The summed E-state index contributed by atoms with van der Waals surface area (Å²) in [4.78, 5) is 22.7. The van der Waals surface area contributed by atoms with Crippen molar-refractivity contribution in [3.8, 4) is 0 Å². The van der Waals surface area contributed by atoms with Gasteiger partial charge in [0.2, 0.25) is 5.91 Å². The number of hydrogen-bond donors (Lipinski definition) is 2. The van der Waals surface area contributed by atoms with Crippen LogP contribution in [-0.2, 0) is 9.59 Å². The van der Waals surface area contributed by atoms with Gasteiger partial charge in [-0.05, 0) is 38.0 Å². The van der Waals surface area contributed by atoms with Gasteiger partial charge in [-0.1, -0.05) is 12.1 Å². The second-order valence-electron chi connectivity index (χ2n) is 4.70. The van der Waals surface area contributed by atoms with Crippen molar-refractivity contribution >= 4 is 11.9 Å². The van der Waals surface area contributed by atoms with Crippen LogP contribution in [-0.4, -0.2) is 23.0 Å². The lowest BCUT2D eigenvalue weighted by atomic mass is 9.94. The van der Waals surface area contributed by atoms with Gasteiger partial charge in [0.15, 0.2) is 0 Å². The van der Waals surface area contributed by atoms with Gasteiger partial charge in [-0.2, -0.15) is 0 Å². The third-order valence-corrected chi connectivity index (χ3v) is 2.68. The Kier molecular flexibility index (Phi) is 5.48. The van der Waals surface area contributed by atoms with Gasteiger partial charge in [0.1, 0.15) is 5.82 Å². The van der Waals surface area contributed by atoms with Crippen molar-refractivity contribution in [3.05, 3.63) is 35.6 Å². The standard InChI is InChI=1S/C14H18FNO3/c1-9(2)16-13(17)8-7-12(14(18)19)10-3-5-11(15)6-4-10/h3-6,9,12H,7-8H2,1-2H3,(H,16,17)(H,18,19). The van der Waals surface area contributed by atoms with Crippen LogP contribution in [0.5, 0.6) is 0 Å². The highest BCUT2D eigenvalue weighted by molar-refractivity contribution is 5.79. The first-order chi connectivity index (χ1) is 8.90. The molecule has 0 heterocycles. The lowest BCUT2D eigenvalue weighted by Crippen LogP contribution is -2.30. The molecule has 0 saturated heterocycles. The van der Waals surface area contributed by atoms with Crippen molar-refractivity contribution in [1.82, 2.24) is 5.32 Å². The van der Waals surface area contributed by atoms with Gasteiger partial charge in [-0.25, -0.2) is 4.39 Å². The van der Waals surface area contributed by atoms with Crippen LogP contribution < -0.4 is 5.32 Å². The summed E-state index contributed by atoms with van der Waals surface area (Å²) in [5, 5.41) is 11.9. The number of carboxylic acids is 1. The van der Waals surface area contributed by atoms with Gasteiger partial charge >= 0.3 is 5.97 Å². The van der Waals surface area contributed by atoms with E-state index in [1.54, 1.807) is 0 Å². The summed E-state index contributed by atoms with van der Waals surface area (Å²) < 4.78 is 12.8. The number of hydrogen-bond acceptors (Lipinski definition) is 2. The summed E-state index contributed by atoms with van der Waals surface area (Å²) in [7, 11) is 0. The molecule has 1 atom stereocenters. The Hall–Kier alpha value is -1.91. The van der Waals surface area contributed by atoms with Crippen molar-refractivity contribution in [3.63, 3.8) is 0 Å². The van der Waals surface area contributed by atoms with Crippen LogP contribution in [0, 0.1) is 5.82 Å². The molecule has 0 aliphatic heterocycles. The molecule has 104 valence electrons. The van der Waals surface area contributed by atoms with E-state index < -0.39 is 17.7 Å². The Morgan fingerprint density at radius 1 is 1.26 bits per heavy atom. The van der Waals surface area contributed by atoms with E-state index in [1.165, 1.54) is 24.3 Å². The van der Waals surface area contributed by atoms with E-state index in [0.29, 0.717) is 5.56 Å². The van der Waals surface area contributed by atoms with Gasteiger partial charge < -0.3 is 10.4 Å². The quantitative estimate of drug-likeness (QED) is 0.831. The molecule has 4 nitrogen and oxygen atoms in total. The van der Waals surface area contributed by atoms with Crippen LogP contribution in [0.25, 0.3) is 0 Å². The monoisotopic (exact) mass is 267 g/mol. The van der Waals surface area contributed by atoms with Crippen molar-refractivity contribution in [2.24, 2.45) is 0 Å². The number of carbonyl (C=O) groups excluding carboxylic acids is 1. The van der Waals surface area contributed by atoms with E-state index in [9.17, 15) is 14.0 Å². The molecule has 0 spiro atoms. The van der Waals surface area contributed by atoms with Crippen molar-refractivity contribution in [2.45, 2.75) is 38.6 Å². The molecular formula is C14H18FNO3. The van der Waals surface area contributed by atoms with Crippen molar-refractivity contribution < 1.29 is 19.1 Å². The van der Waals surface area contributed by atoms with E-state index in [1.807, 2.05) is 13.8 Å². The Balaban J connectivity index is 2.66. The average molecular weight is 267 g/mol. The van der Waals surface area contributed by atoms with E-state index in [0.717, 1.165) is 0 Å². The fourth-order valence-electron chi connectivity index (χ4n) is 1.80. The van der Waals surface area contributed by atoms with Crippen molar-refractivity contribution in [1.29, 1.82) is 0 Å². The normalized spacial score (nSPS) is 12.2. The lowest BCUT2D eigenvalue weighted by molar-refractivity contribution is -0.139. The number of aliphatic carboxylic acids is 1. The zero-order chi connectivity index (χ0) is 14.4. The highest BCUT2D eigenvalue weighted by Gasteiger charge is 2.21. The number of halogens is 1. The molecule has 5 heteroatoms. The Labute approximate surface area is 111 Å². The highest BCUT2D eigenvalue weighted by Crippen LogP contribution is 2.22. The van der Waals surface area contributed by atoms with E-state index in [2.05, 4.69) is 5.32 Å². The van der Waals surface area contributed by atoms with Gasteiger partial charge in [-0.3, -0.25) is 9.59 Å². The number of nitrogens with one attached hydrogen (secondary N) is 1. The molecule has 0 aliphatic rings. The third-order valence-electron chi connectivity index (χ3n) is 2.68. The molecule has 1 amide bonds. The van der Waals surface area contributed by atoms with Crippen LogP contribution in [0.15, 0.2) is 24.3 Å². The first-order valence-corrected chi connectivity index (χ1v) is 6.17. The van der Waals surface area contributed by atoms with E-state index in [4.69, 9.17) is 5.11 Å². The third kappa shape index (κ3) is 5.07. The summed E-state index contributed by atoms with van der Waals surface area (Å²) in [6.45, 7) is 3.68. The Morgan fingerprint density at radius 3 is 2.32 bits per heavy atom. The second kappa shape index (κ2) is 6.87. The first kappa shape index (κ1) is 15.1. The predicted molar refractivity (Wildman–Crippen MR) is 69.3 cm³/mol. The van der Waals surface area contributed by atoms with Gasteiger partial charge in [0.25, 0.3) is 0 Å². The molecule has 1 unspecified atom stereocenters. The van der Waals surface area contributed by atoms with Crippen LogP contribution in [0.1, 0.15) is 38.2 Å². The molecule has 1 aromatic carbocycles. The molecule has 1 aromatic rings. The minimum atomic E-state index is -1.01. The summed E-state index contributed by atoms with van der Waals surface area (Å²) in [5.74, 6) is -2.39. The molecule has 0 fully saturated rings. The van der Waals surface area contributed by atoms with Gasteiger partial charge in [0, 0.05) is 12.5 Å². The minimum Gasteiger partial charge on any atom is -0.481 e. The van der Waals surface area contributed by atoms with Crippen molar-refractivity contribution in [2.75, 3.05) is 0 Å². The number of rotatable bonds is 6. The maximum atomic E-state index is 12.8. The topological polar surface area (TPSA) is 66.4 Å². The fourth-order valence-corrected chi connectivity index (χ4v) is 1.80. The average Bonchev–Trinajstić information content (AvgIpc) is 2.30. The summed E-state index contributed by atoms with van der Waals surface area (Å²) >= 11 is 0. The Bertz CT molecular complexity index is 443. The van der Waals surface area contributed by atoms with Crippen LogP contribution >= 0.6 is 0 Å².